The zero-order valence-electron chi connectivity index (χ0n) is 17.3. The van der Waals surface area contributed by atoms with Crippen molar-refractivity contribution in [1.29, 1.82) is 0 Å². The van der Waals surface area contributed by atoms with E-state index in [0.717, 1.165) is 24.1 Å². The minimum atomic E-state index is -0.217. The number of benzene rings is 1. The van der Waals surface area contributed by atoms with E-state index in [1.165, 1.54) is 17.4 Å². The third kappa shape index (κ3) is 3.92. The summed E-state index contributed by atoms with van der Waals surface area (Å²) < 4.78 is 3.28. The summed E-state index contributed by atoms with van der Waals surface area (Å²) in [5.41, 5.74) is 2.02. The summed E-state index contributed by atoms with van der Waals surface area (Å²) in [6.07, 6.45) is 6.86. The molecule has 1 fully saturated rings. The van der Waals surface area contributed by atoms with Crippen molar-refractivity contribution >= 4 is 11.7 Å². The van der Waals surface area contributed by atoms with Gasteiger partial charge in [-0.2, -0.15) is 9.50 Å². The van der Waals surface area contributed by atoms with E-state index in [0.29, 0.717) is 30.1 Å². The van der Waals surface area contributed by atoms with Crippen LogP contribution in [0, 0.1) is 6.92 Å². The van der Waals surface area contributed by atoms with Crippen LogP contribution in [0.15, 0.2) is 47.8 Å². The zero-order valence-corrected chi connectivity index (χ0v) is 17.3. The van der Waals surface area contributed by atoms with Gasteiger partial charge in [-0.3, -0.25) is 9.59 Å². The molecule has 1 aromatic carbocycles. The summed E-state index contributed by atoms with van der Waals surface area (Å²) in [5.74, 6) is 0.982. The van der Waals surface area contributed by atoms with Gasteiger partial charge in [0.25, 0.3) is 5.56 Å². The van der Waals surface area contributed by atoms with Crippen LogP contribution in [0.2, 0.25) is 0 Å². The van der Waals surface area contributed by atoms with E-state index in [4.69, 9.17) is 0 Å². The van der Waals surface area contributed by atoms with Crippen LogP contribution >= 0.6 is 0 Å². The lowest BCUT2D eigenvalue weighted by atomic mass is 10.1. The molecule has 1 aliphatic rings. The van der Waals surface area contributed by atoms with Crippen molar-refractivity contribution in [2.45, 2.75) is 58.0 Å². The Kier molecular flexibility index (Phi) is 5.79. The van der Waals surface area contributed by atoms with Crippen molar-refractivity contribution in [3.05, 3.63) is 64.6 Å². The fourth-order valence-corrected chi connectivity index (χ4v) is 4.16. The smallest absolute Gasteiger partial charge is 0.279 e. The number of rotatable bonds is 7. The molecule has 1 aliphatic carbocycles. The van der Waals surface area contributed by atoms with Gasteiger partial charge in [-0.1, -0.05) is 49.2 Å². The second-order valence-corrected chi connectivity index (χ2v) is 7.83. The van der Waals surface area contributed by atoms with E-state index in [9.17, 15) is 9.59 Å². The van der Waals surface area contributed by atoms with Crippen molar-refractivity contribution in [3.63, 3.8) is 0 Å². The summed E-state index contributed by atoms with van der Waals surface area (Å²) in [4.78, 5) is 30.2. The first-order chi connectivity index (χ1) is 14.6. The number of hydrogen-bond acceptors (Lipinski definition) is 4. The van der Waals surface area contributed by atoms with Crippen LogP contribution in [0.4, 0.5) is 0 Å². The van der Waals surface area contributed by atoms with Crippen molar-refractivity contribution in [2.75, 3.05) is 0 Å². The van der Waals surface area contributed by atoms with E-state index < -0.39 is 0 Å². The number of carbonyl (C=O) groups excluding carboxylic acids is 1. The number of aromatic nitrogens is 4. The van der Waals surface area contributed by atoms with Gasteiger partial charge in [-0.25, -0.2) is 0 Å². The molecule has 0 radical (unpaired) electrons. The van der Waals surface area contributed by atoms with Crippen LogP contribution in [0.25, 0.3) is 17.2 Å². The van der Waals surface area contributed by atoms with Crippen LogP contribution in [0.3, 0.4) is 0 Å². The lowest BCUT2D eigenvalue weighted by Crippen LogP contribution is -2.33. The number of allylic oxidation sites excluding steroid dienone is 1. The van der Waals surface area contributed by atoms with Gasteiger partial charge in [-0.15, -0.1) is 11.7 Å². The highest BCUT2D eigenvalue weighted by atomic mass is 16.1. The molecule has 156 valence electrons. The first-order valence-electron chi connectivity index (χ1n) is 10.5. The van der Waals surface area contributed by atoms with Gasteiger partial charge in [0.1, 0.15) is 0 Å². The molecule has 2 heterocycles. The molecule has 7 nitrogen and oxygen atoms in total. The molecule has 1 N–H and O–H groups in total. The topological polar surface area (TPSA) is 81.3 Å². The van der Waals surface area contributed by atoms with Crippen molar-refractivity contribution in [2.24, 2.45) is 0 Å². The fourth-order valence-electron chi connectivity index (χ4n) is 4.16. The minimum absolute atomic E-state index is 0.000340. The highest BCUT2D eigenvalue weighted by Crippen LogP contribution is 2.19. The highest BCUT2D eigenvalue weighted by Gasteiger charge is 2.20. The average Bonchev–Trinajstić information content (AvgIpc) is 3.42. The Morgan fingerprint density at radius 3 is 2.70 bits per heavy atom. The summed E-state index contributed by atoms with van der Waals surface area (Å²) in [5, 5.41) is 7.57. The SMILES string of the molecule is C=CCn1c(C)c(CCC(=O)NC2CCCC2)c(=O)n2nc(-c3ccccc3)nc12. The largest absolute Gasteiger partial charge is 0.353 e. The Morgan fingerprint density at radius 1 is 1.27 bits per heavy atom. The molecule has 1 amide bonds. The van der Waals surface area contributed by atoms with Crippen LogP contribution in [-0.4, -0.2) is 31.1 Å². The molecule has 7 heteroatoms. The third-order valence-electron chi connectivity index (χ3n) is 5.79. The van der Waals surface area contributed by atoms with Gasteiger partial charge >= 0.3 is 0 Å². The Hall–Kier alpha value is -3.22. The molecule has 3 aromatic rings. The van der Waals surface area contributed by atoms with Crippen LogP contribution in [0.1, 0.15) is 43.4 Å². The van der Waals surface area contributed by atoms with Crippen LogP contribution < -0.4 is 10.9 Å². The molecular weight excluding hydrogens is 378 g/mol. The summed E-state index contributed by atoms with van der Waals surface area (Å²) in [6, 6.07) is 9.86. The lowest BCUT2D eigenvalue weighted by Gasteiger charge is -2.15. The normalized spacial score (nSPS) is 14.3. The van der Waals surface area contributed by atoms with E-state index >= 15 is 0 Å². The molecule has 4 rings (SSSR count). The van der Waals surface area contributed by atoms with Gasteiger partial charge in [-0.05, 0) is 26.2 Å². The van der Waals surface area contributed by atoms with E-state index in [2.05, 4.69) is 22.0 Å². The molecular formula is C23H27N5O2. The van der Waals surface area contributed by atoms with Gasteiger partial charge in [0, 0.05) is 35.8 Å². The lowest BCUT2D eigenvalue weighted by molar-refractivity contribution is -0.121. The molecule has 30 heavy (non-hydrogen) atoms. The minimum Gasteiger partial charge on any atom is -0.353 e. The Labute approximate surface area is 175 Å². The van der Waals surface area contributed by atoms with Gasteiger partial charge in [0.05, 0.1) is 0 Å². The molecule has 0 unspecified atom stereocenters. The second kappa shape index (κ2) is 8.65. The van der Waals surface area contributed by atoms with Crippen molar-refractivity contribution in [3.8, 4) is 11.4 Å². The van der Waals surface area contributed by atoms with Crippen molar-refractivity contribution < 1.29 is 4.79 Å². The number of hydrogen-bond donors (Lipinski definition) is 1. The maximum Gasteiger partial charge on any atom is 0.279 e. The molecule has 2 aromatic heterocycles. The Morgan fingerprint density at radius 2 is 2.00 bits per heavy atom. The molecule has 0 saturated heterocycles. The van der Waals surface area contributed by atoms with Crippen LogP contribution in [0.5, 0.6) is 0 Å². The zero-order chi connectivity index (χ0) is 21.1. The first-order valence-corrected chi connectivity index (χ1v) is 10.5. The van der Waals surface area contributed by atoms with E-state index in [-0.39, 0.29) is 23.9 Å². The monoisotopic (exact) mass is 405 g/mol. The molecule has 1 saturated carbocycles. The van der Waals surface area contributed by atoms with Crippen LogP contribution in [-0.2, 0) is 17.8 Å². The van der Waals surface area contributed by atoms with Crippen molar-refractivity contribution in [1.82, 2.24) is 24.5 Å². The maximum absolute atomic E-state index is 13.2. The number of fused-ring (bicyclic) bond motifs is 1. The molecule has 0 atom stereocenters. The summed E-state index contributed by atoms with van der Waals surface area (Å²) in [7, 11) is 0. The summed E-state index contributed by atoms with van der Waals surface area (Å²) >= 11 is 0. The number of nitrogens with zero attached hydrogens (tertiary/aromatic N) is 4. The highest BCUT2D eigenvalue weighted by molar-refractivity contribution is 5.76. The first kappa shape index (κ1) is 20.1. The Bertz CT molecular complexity index is 1120. The molecule has 0 spiro atoms. The fraction of sp³-hybridized carbons (Fsp3) is 0.391. The number of amides is 1. The molecule has 0 aliphatic heterocycles. The predicted octanol–water partition coefficient (Wildman–Crippen LogP) is 3.04. The predicted molar refractivity (Wildman–Crippen MR) is 116 cm³/mol. The van der Waals surface area contributed by atoms with Gasteiger partial charge in [0.2, 0.25) is 11.7 Å². The van der Waals surface area contributed by atoms with Gasteiger partial charge < -0.3 is 9.88 Å². The standard InChI is InChI=1S/C23H27N5O2/c1-3-15-27-16(2)19(13-14-20(29)24-18-11-7-8-12-18)22(30)28-23(27)25-21(26-28)17-9-5-4-6-10-17/h3-6,9-10,18H,1,7-8,11-15H2,2H3,(H,24,29). The van der Waals surface area contributed by atoms with E-state index in [1.54, 1.807) is 6.08 Å². The average molecular weight is 406 g/mol. The maximum atomic E-state index is 13.2. The number of nitrogens with one attached hydrogen (secondary N) is 1. The Balaban J connectivity index is 1.68. The van der Waals surface area contributed by atoms with E-state index in [1.807, 2.05) is 41.8 Å². The quantitative estimate of drug-likeness (QED) is 0.613. The third-order valence-corrected chi connectivity index (χ3v) is 5.79. The number of carbonyl (C=O) groups is 1. The second-order valence-electron chi connectivity index (χ2n) is 7.83. The molecule has 0 bridgehead atoms. The van der Waals surface area contributed by atoms with Gasteiger partial charge in [0.15, 0.2) is 5.82 Å². The summed E-state index contributed by atoms with van der Waals surface area (Å²) in [6.45, 7) is 6.23.